The molecule has 0 atom stereocenters. The minimum Gasteiger partial charge on any atom is -0.207 e. The number of sulfonamides is 1. The summed E-state index contributed by atoms with van der Waals surface area (Å²) in [6.45, 7) is 2.34. The molecule has 0 aliphatic carbocycles. The molecule has 0 spiro atoms. The van der Waals surface area contributed by atoms with Gasteiger partial charge in [-0.2, -0.15) is 31.1 Å². The summed E-state index contributed by atoms with van der Waals surface area (Å²) in [5.41, 5.74) is -4.31. The molecule has 1 aromatic carbocycles. The molecule has 10 heteroatoms. The van der Waals surface area contributed by atoms with Gasteiger partial charge in [0.05, 0.1) is 10.5 Å². The third-order valence-electron chi connectivity index (χ3n) is 2.83. The lowest BCUT2D eigenvalue weighted by molar-refractivity contribution is -0.180. The first-order chi connectivity index (χ1) is 9.58. The molecule has 0 bridgehead atoms. The van der Waals surface area contributed by atoms with E-state index in [1.165, 1.54) is 11.6 Å². The molecule has 0 saturated carbocycles. The Kier molecular flexibility index (Phi) is 4.61. The van der Waals surface area contributed by atoms with Crippen LogP contribution in [0.3, 0.4) is 0 Å². The van der Waals surface area contributed by atoms with Gasteiger partial charge in [-0.25, -0.2) is 8.42 Å². The highest BCUT2D eigenvalue weighted by Crippen LogP contribution is 2.36. The van der Waals surface area contributed by atoms with Crippen molar-refractivity contribution >= 4 is 10.0 Å². The summed E-state index contributed by atoms with van der Waals surface area (Å²) in [6.07, 6.45) is -9.98. The van der Waals surface area contributed by atoms with E-state index < -0.39 is 38.4 Å². The topological polar surface area (TPSA) is 46.2 Å². The van der Waals surface area contributed by atoms with Crippen molar-refractivity contribution in [1.29, 1.82) is 0 Å². The monoisotopic (exact) mass is 349 g/mol. The summed E-state index contributed by atoms with van der Waals surface area (Å²) < 4.78 is 102. The molecule has 0 aromatic heterocycles. The molecular weight excluding hydrogens is 336 g/mol. The van der Waals surface area contributed by atoms with Crippen LogP contribution in [0.1, 0.15) is 25.0 Å². The zero-order chi connectivity index (χ0) is 17.6. The quantitative estimate of drug-likeness (QED) is 0.847. The minimum absolute atomic E-state index is 0.126. The van der Waals surface area contributed by atoms with Gasteiger partial charge in [0.25, 0.3) is 0 Å². The average Bonchev–Trinajstić information content (AvgIpc) is 2.24. The van der Waals surface area contributed by atoms with E-state index in [1.54, 1.807) is 0 Å². The van der Waals surface area contributed by atoms with Crippen LogP contribution in [0, 0.1) is 6.92 Å². The van der Waals surface area contributed by atoms with Crippen LogP contribution in [-0.2, 0) is 16.2 Å². The number of hydrogen-bond acceptors (Lipinski definition) is 2. The molecule has 22 heavy (non-hydrogen) atoms. The molecule has 1 aromatic rings. The lowest BCUT2D eigenvalue weighted by atomic mass is 10.1. The highest BCUT2D eigenvalue weighted by Gasteiger charge is 2.50. The number of benzene rings is 1. The summed E-state index contributed by atoms with van der Waals surface area (Å²) in [5.74, 6) is 0. The van der Waals surface area contributed by atoms with E-state index in [1.807, 2.05) is 0 Å². The van der Waals surface area contributed by atoms with Crippen LogP contribution in [0.5, 0.6) is 0 Å². The number of rotatable bonds is 3. The summed E-state index contributed by atoms with van der Waals surface area (Å²) >= 11 is 0. The number of alkyl halides is 6. The highest BCUT2D eigenvalue weighted by atomic mass is 32.2. The first-order valence-corrected chi connectivity index (χ1v) is 7.35. The second-order valence-corrected chi connectivity index (χ2v) is 6.88. The predicted molar refractivity (Wildman–Crippen MR) is 66.6 cm³/mol. The van der Waals surface area contributed by atoms with Crippen molar-refractivity contribution in [2.75, 3.05) is 0 Å². The van der Waals surface area contributed by atoms with Crippen molar-refractivity contribution < 1.29 is 34.8 Å². The lowest BCUT2D eigenvalue weighted by Crippen LogP contribution is -2.54. The second kappa shape index (κ2) is 5.41. The van der Waals surface area contributed by atoms with Crippen LogP contribution in [0.15, 0.2) is 23.1 Å². The SMILES string of the molecule is Cc1ccc(S(=O)(=O)NC(C)(C)C(F)(F)F)c(C(F)(F)F)c1. The summed E-state index contributed by atoms with van der Waals surface area (Å²) in [4.78, 5) is -1.25. The van der Waals surface area contributed by atoms with Crippen LogP contribution >= 0.6 is 0 Å². The van der Waals surface area contributed by atoms with Crippen molar-refractivity contribution in [2.24, 2.45) is 0 Å². The maximum absolute atomic E-state index is 12.9. The highest BCUT2D eigenvalue weighted by molar-refractivity contribution is 7.89. The van der Waals surface area contributed by atoms with Gasteiger partial charge in [-0.3, -0.25) is 0 Å². The Balaban J connectivity index is 3.43. The molecule has 0 unspecified atom stereocenters. The lowest BCUT2D eigenvalue weighted by Gasteiger charge is -2.29. The second-order valence-electron chi connectivity index (χ2n) is 5.23. The predicted octanol–water partition coefficient (Wildman–Crippen LogP) is 3.63. The summed E-state index contributed by atoms with van der Waals surface area (Å²) in [6, 6.07) is 2.27. The normalized spacial score (nSPS) is 14.2. The Bertz CT molecular complexity index is 661. The van der Waals surface area contributed by atoms with Gasteiger partial charge in [-0.05, 0) is 32.9 Å². The Morgan fingerprint density at radius 3 is 1.91 bits per heavy atom. The molecule has 126 valence electrons. The first-order valence-electron chi connectivity index (χ1n) is 5.86. The fourth-order valence-electron chi connectivity index (χ4n) is 1.55. The van der Waals surface area contributed by atoms with E-state index in [4.69, 9.17) is 0 Å². The van der Waals surface area contributed by atoms with Gasteiger partial charge >= 0.3 is 12.4 Å². The van der Waals surface area contributed by atoms with E-state index in [2.05, 4.69) is 0 Å². The Hall–Kier alpha value is -1.29. The Labute approximate surface area is 123 Å². The summed E-state index contributed by atoms with van der Waals surface area (Å²) in [5, 5.41) is 0. The van der Waals surface area contributed by atoms with Gasteiger partial charge in [-0.1, -0.05) is 11.6 Å². The van der Waals surface area contributed by atoms with Crippen LogP contribution < -0.4 is 4.72 Å². The first kappa shape index (κ1) is 18.8. The molecule has 1 rings (SSSR count). The van der Waals surface area contributed by atoms with Crippen molar-refractivity contribution in [3.63, 3.8) is 0 Å². The van der Waals surface area contributed by atoms with Crippen LogP contribution in [0.2, 0.25) is 0 Å². The van der Waals surface area contributed by atoms with Gasteiger partial charge in [-0.15, -0.1) is 0 Å². The number of hydrogen-bond donors (Lipinski definition) is 1. The standard InChI is InChI=1S/C12H13F6NO2S/c1-7-4-5-9(8(6-7)11(13,14)15)22(20,21)19-10(2,3)12(16,17)18/h4-6,19H,1-3H3. The van der Waals surface area contributed by atoms with Gasteiger partial charge in [0.2, 0.25) is 10.0 Å². The van der Waals surface area contributed by atoms with Crippen LogP contribution in [-0.4, -0.2) is 20.1 Å². The summed E-state index contributed by atoms with van der Waals surface area (Å²) in [7, 11) is -5.02. The van der Waals surface area contributed by atoms with Crippen LogP contribution in [0.4, 0.5) is 26.3 Å². The van der Waals surface area contributed by atoms with Crippen LogP contribution in [0.25, 0.3) is 0 Å². The largest absolute Gasteiger partial charge is 0.417 e. The maximum Gasteiger partial charge on any atom is 0.417 e. The van der Waals surface area contributed by atoms with E-state index in [-0.39, 0.29) is 5.56 Å². The van der Waals surface area contributed by atoms with Gasteiger partial charge in [0.15, 0.2) is 0 Å². The van der Waals surface area contributed by atoms with Crippen molar-refractivity contribution in [3.8, 4) is 0 Å². The molecule has 0 aliphatic heterocycles. The minimum atomic E-state index is -5.02. The molecule has 0 heterocycles. The fourth-order valence-corrected chi connectivity index (χ4v) is 3.16. The molecule has 0 fully saturated rings. The van der Waals surface area contributed by atoms with E-state index >= 15 is 0 Å². The van der Waals surface area contributed by atoms with Gasteiger partial charge < -0.3 is 0 Å². The smallest absolute Gasteiger partial charge is 0.207 e. The third kappa shape index (κ3) is 3.92. The van der Waals surface area contributed by atoms with Crippen molar-refractivity contribution in [1.82, 2.24) is 4.72 Å². The maximum atomic E-state index is 12.9. The molecule has 0 amide bonds. The average molecular weight is 349 g/mol. The van der Waals surface area contributed by atoms with Gasteiger partial charge in [0, 0.05) is 0 Å². The number of nitrogens with one attached hydrogen (secondary N) is 1. The number of aryl methyl sites for hydroxylation is 1. The van der Waals surface area contributed by atoms with E-state index in [0.29, 0.717) is 26.0 Å². The molecule has 1 N–H and O–H groups in total. The Morgan fingerprint density at radius 1 is 1.00 bits per heavy atom. The van der Waals surface area contributed by atoms with E-state index in [0.717, 1.165) is 6.07 Å². The molecular formula is C12H13F6NO2S. The molecule has 0 saturated heterocycles. The zero-order valence-electron chi connectivity index (χ0n) is 11.7. The van der Waals surface area contributed by atoms with Crippen molar-refractivity contribution in [2.45, 2.75) is 43.6 Å². The van der Waals surface area contributed by atoms with Gasteiger partial charge in [0.1, 0.15) is 5.54 Å². The Morgan fingerprint density at radius 2 is 1.50 bits per heavy atom. The zero-order valence-corrected chi connectivity index (χ0v) is 12.5. The third-order valence-corrected chi connectivity index (χ3v) is 4.54. The molecule has 3 nitrogen and oxygen atoms in total. The fraction of sp³-hybridized carbons (Fsp3) is 0.500. The van der Waals surface area contributed by atoms with E-state index in [9.17, 15) is 34.8 Å². The number of halogens is 6. The van der Waals surface area contributed by atoms with Crippen molar-refractivity contribution in [3.05, 3.63) is 29.3 Å². The molecule has 0 aliphatic rings. The molecule has 0 radical (unpaired) electrons.